The van der Waals surface area contributed by atoms with Gasteiger partial charge in [-0.15, -0.1) is 0 Å². The second-order valence-electron chi connectivity index (χ2n) is 5.96. The number of nitrogens with zero attached hydrogens (tertiary/aromatic N) is 1. The van der Waals surface area contributed by atoms with Crippen molar-refractivity contribution in [3.63, 3.8) is 0 Å². The summed E-state index contributed by atoms with van der Waals surface area (Å²) in [4.78, 5) is 0. The molecule has 3 aliphatic rings. The van der Waals surface area contributed by atoms with Gasteiger partial charge in [0.1, 0.15) is 0 Å². The molecule has 94 valence electrons. The standard InChI is InChI=1S/C16H19NO/c17-11-14-8-13-9-16(14,10-13)15(18)7-6-12-4-2-1-3-5-12/h1-5,13-15,18H,6-10H2/t13?,14?,15-,16?/m1/s1. The number of nitriles is 1. The molecular weight excluding hydrogens is 222 g/mol. The minimum absolute atomic E-state index is 0.0613. The van der Waals surface area contributed by atoms with E-state index in [-0.39, 0.29) is 17.4 Å². The number of hydrogen-bond donors (Lipinski definition) is 1. The van der Waals surface area contributed by atoms with E-state index in [0.29, 0.717) is 5.92 Å². The molecule has 3 aliphatic carbocycles. The summed E-state index contributed by atoms with van der Waals surface area (Å²) in [5.41, 5.74) is 1.21. The molecule has 2 bridgehead atoms. The van der Waals surface area contributed by atoms with Gasteiger partial charge >= 0.3 is 0 Å². The minimum atomic E-state index is -0.305. The van der Waals surface area contributed by atoms with Gasteiger partial charge < -0.3 is 5.11 Å². The van der Waals surface area contributed by atoms with Gasteiger partial charge in [-0.1, -0.05) is 30.3 Å². The van der Waals surface area contributed by atoms with Crippen LogP contribution in [-0.4, -0.2) is 11.2 Å². The maximum atomic E-state index is 10.5. The summed E-state index contributed by atoms with van der Waals surface area (Å²) in [6.45, 7) is 0. The molecule has 1 aromatic carbocycles. The Morgan fingerprint density at radius 1 is 1.33 bits per heavy atom. The Morgan fingerprint density at radius 2 is 2.06 bits per heavy atom. The van der Waals surface area contributed by atoms with Crippen LogP contribution in [0.2, 0.25) is 0 Å². The summed E-state index contributed by atoms with van der Waals surface area (Å²) in [7, 11) is 0. The first-order chi connectivity index (χ1) is 8.74. The largest absolute Gasteiger partial charge is 0.392 e. The molecule has 0 amide bonds. The zero-order valence-corrected chi connectivity index (χ0v) is 10.5. The first-order valence-electron chi connectivity index (χ1n) is 6.86. The summed E-state index contributed by atoms with van der Waals surface area (Å²) in [6.07, 6.45) is 4.55. The average Bonchev–Trinajstić information content (AvgIpc) is 2.92. The van der Waals surface area contributed by atoms with E-state index >= 15 is 0 Å². The highest BCUT2D eigenvalue weighted by atomic mass is 16.3. The van der Waals surface area contributed by atoms with Crippen LogP contribution in [0.3, 0.4) is 0 Å². The Morgan fingerprint density at radius 3 is 2.72 bits per heavy atom. The highest BCUT2D eigenvalue weighted by Gasteiger charge is 2.60. The van der Waals surface area contributed by atoms with Crippen molar-refractivity contribution in [1.29, 1.82) is 5.26 Å². The SMILES string of the molecule is N#CC1CC2CC1([C@H](O)CCc1ccccc1)C2. The first kappa shape index (κ1) is 11.7. The molecular formula is C16H19NO. The number of rotatable bonds is 4. The second-order valence-corrected chi connectivity index (χ2v) is 5.96. The van der Waals surface area contributed by atoms with Gasteiger partial charge in [-0.3, -0.25) is 0 Å². The van der Waals surface area contributed by atoms with Crippen LogP contribution in [0.4, 0.5) is 0 Å². The quantitative estimate of drug-likeness (QED) is 0.880. The Balaban J connectivity index is 1.63. The van der Waals surface area contributed by atoms with Gasteiger partial charge in [0.15, 0.2) is 0 Å². The molecule has 1 unspecified atom stereocenters. The Kier molecular flexibility index (Phi) is 2.87. The van der Waals surface area contributed by atoms with Gasteiger partial charge in [-0.25, -0.2) is 0 Å². The van der Waals surface area contributed by atoms with Crippen LogP contribution in [0.5, 0.6) is 0 Å². The zero-order valence-electron chi connectivity index (χ0n) is 10.5. The van der Waals surface area contributed by atoms with Gasteiger partial charge in [0, 0.05) is 5.41 Å². The summed E-state index contributed by atoms with van der Waals surface area (Å²) < 4.78 is 0. The fraction of sp³-hybridized carbons (Fsp3) is 0.562. The number of aliphatic hydroxyl groups excluding tert-OH is 1. The van der Waals surface area contributed by atoms with E-state index in [9.17, 15) is 10.4 Å². The number of hydrogen-bond acceptors (Lipinski definition) is 2. The molecule has 0 saturated heterocycles. The number of aryl methyl sites for hydroxylation is 1. The van der Waals surface area contributed by atoms with Crippen molar-refractivity contribution >= 4 is 0 Å². The fourth-order valence-corrected chi connectivity index (χ4v) is 3.96. The summed E-state index contributed by atoms with van der Waals surface area (Å²) in [5, 5.41) is 19.7. The van der Waals surface area contributed by atoms with Gasteiger partial charge in [0.25, 0.3) is 0 Å². The molecule has 2 atom stereocenters. The van der Waals surface area contributed by atoms with Crippen molar-refractivity contribution in [2.45, 2.75) is 38.2 Å². The van der Waals surface area contributed by atoms with E-state index in [2.05, 4.69) is 18.2 Å². The molecule has 0 heterocycles. The molecule has 1 aromatic rings. The molecule has 0 radical (unpaired) electrons. The fourth-order valence-electron chi connectivity index (χ4n) is 3.96. The van der Waals surface area contributed by atoms with Crippen LogP contribution in [0.1, 0.15) is 31.2 Å². The molecule has 0 aliphatic heterocycles. The predicted octanol–water partition coefficient (Wildman–Crippen LogP) is 2.92. The Hall–Kier alpha value is -1.33. The molecule has 4 rings (SSSR count). The molecule has 0 aromatic heterocycles. The topological polar surface area (TPSA) is 44.0 Å². The maximum absolute atomic E-state index is 10.5. The molecule has 2 heteroatoms. The Labute approximate surface area is 108 Å². The van der Waals surface area contributed by atoms with Gasteiger partial charge in [-0.05, 0) is 43.6 Å². The van der Waals surface area contributed by atoms with E-state index in [1.54, 1.807) is 0 Å². The van der Waals surface area contributed by atoms with E-state index in [1.807, 2.05) is 18.2 Å². The van der Waals surface area contributed by atoms with E-state index in [0.717, 1.165) is 32.1 Å². The lowest BCUT2D eigenvalue weighted by Gasteiger charge is -2.43. The molecule has 3 fully saturated rings. The number of aliphatic hydroxyl groups is 1. The lowest BCUT2D eigenvalue weighted by Crippen LogP contribution is -2.43. The van der Waals surface area contributed by atoms with Crippen LogP contribution in [-0.2, 0) is 6.42 Å². The number of benzene rings is 1. The highest BCUT2D eigenvalue weighted by Crippen LogP contribution is 2.64. The van der Waals surface area contributed by atoms with Crippen molar-refractivity contribution in [3.8, 4) is 6.07 Å². The molecule has 1 N–H and O–H groups in total. The van der Waals surface area contributed by atoms with Crippen molar-refractivity contribution in [1.82, 2.24) is 0 Å². The zero-order chi connectivity index (χ0) is 12.6. The summed E-state index contributed by atoms with van der Waals surface area (Å²) >= 11 is 0. The maximum Gasteiger partial charge on any atom is 0.0662 e. The first-order valence-corrected chi connectivity index (χ1v) is 6.86. The normalized spacial score (nSPS) is 34.7. The minimum Gasteiger partial charge on any atom is -0.392 e. The molecule has 3 saturated carbocycles. The smallest absolute Gasteiger partial charge is 0.0662 e. The van der Waals surface area contributed by atoms with Gasteiger partial charge in [-0.2, -0.15) is 5.26 Å². The second kappa shape index (κ2) is 4.40. The van der Waals surface area contributed by atoms with Crippen molar-refractivity contribution in [2.75, 3.05) is 0 Å². The van der Waals surface area contributed by atoms with Crippen molar-refractivity contribution < 1.29 is 5.11 Å². The van der Waals surface area contributed by atoms with Gasteiger partial charge in [0.2, 0.25) is 0 Å². The average molecular weight is 241 g/mol. The van der Waals surface area contributed by atoms with Crippen LogP contribution < -0.4 is 0 Å². The van der Waals surface area contributed by atoms with E-state index in [1.165, 1.54) is 5.56 Å². The lowest BCUT2D eigenvalue weighted by molar-refractivity contribution is -0.0424. The summed E-state index contributed by atoms with van der Waals surface area (Å²) in [5.74, 6) is 0.800. The molecule has 2 nitrogen and oxygen atoms in total. The van der Waals surface area contributed by atoms with E-state index < -0.39 is 0 Å². The number of fused-ring (bicyclic) bond motifs is 1. The molecule has 18 heavy (non-hydrogen) atoms. The third-order valence-corrected chi connectivity index (χ3v) is 4.97. The van der Waals surface area contributed by atoms with Crippen LogP contribution in [0, 0.1) is 28.6 Å². The van der Waals surface area contributed by atoms with E-state index in [4.69, 9.17) is 0 Å². The summed E-state index contributed by atoms with van der Waals surface area (Å²) in [6, 6.07) is 12.7. The molecule has 0 spiro atoms. The van der Waals surface area contributed by atoms with Gasteiger partial charge in [0.05, 0.1) is 18.1 Å². The lowest BCUT2D eigenvalue weighted by atomic mass is 9.62. The Bertz CT molecular complexity index is 456. The third-order valence-electron chi connectivity index (χ3n) is 4.97. The van der Waals surface area contributed by atoms with Crippen molar-refractivity contribution in [2.24, 2.45) is 17.3 Å². The van der Waals surface area contributed by atoms with Crippen molar-refractivity contribution in [3.05, 3.63) is 35.9 Å². The monoisotopic (exact) mass is 241 g/mol. The predicted molar refractivity (Wildman–Crippen MR) is 69.6 cm³/mol. The van der Waals surface area contributed by atoms with Crippen LogP contribution >= 0.6 is 0 Å². The third kappa shape index (κ3) is 1.74. The van der Waals surface area contributed by atoms with Crippen LogP contribution in [0.25, 0.3) is 0 Å². The highest BCUT2D eigenvalue weighted by molar-refractivity contribution is 5.18. The van der Waals surface area contributed by atoms with Crippen LogP contribution in [0.15, 0.2) is 30.3 Å².